The number of likely N-dealkylation sites (N-methyl/N-ethyl adjacent to an activating group) is 2. The fourth-order valence-electron chi connectivity index (χ4n) is 4.50. The molecule has 0 spiro atoms. The van der Waals surface area contributed by atoms with Crippen LogP contribution < -0.4 is 9.47 Å². The minimum absolute atomic E-state index is 0.360. The SMILES string of the molecule is C#Cc1cc(OCC(CCCC)N(CC)CC)c(C#C)cc1OCC(CCCC)N(CC)CC. The third-order valence-electron chi connectivity index (χ3n) is 6.69. The Bertz CT molecular complexity index is 703. The Morgan fingerprint density at radius 1 is 0.676 bits per heavy atom. The zero-order valence-electron chi connectivity index (χ0n) is 22.7. The average molecular weight is 469 g/mol. The highest BCUT2D eigenvalue weighted by Crippen LogP contribution is 2.29. The second-order valence-electron chi connectivity index (χ2n) is 8.79. The number of terminal acetylenes is 2. The molecule has 0 heterocycles. The Kier molecular flexibility index (Phi) is 15.2. The van der Waals surface area contributed by atoms with E-state index < -0.39 is 0 Å². The Labute approximate surface area is 210 Å². The molecule has 0 saturated heterocycles. The highest BCUT2D eigenvalue weighted by atomic mass is 16.5. The minimum atomic E-state index is 0.360. The summed E-state index contributed by atoms with van der Waals surface area (Å²) < 4.78 is 12.6. The van der Waals surface area contributed by atoms with E-state index in [1.54, 1.807) is 0 Å². The number of hydrogen-bond acceptors (Lipinski definition) is 4. The van der Waals surface area contributed by atoms with Gasteiger partial charge in [-0.2, -0.15) is 0 Å². The van der Waals surface area contributed by atoms with Crippen molar-refractivity contribution in [1.29, 1.82) is 0 Å². The van der Waals surface area contributed by atoms with Crippen LogP contribution in [-0.4, -0.2) is 61.3 Å². The first-order chi connectivity index (χ1) is 16.5. The Morgan fingerprint density at radius 2 is 1.03 bits per heavy atom. The molecule has 0 aliphatic rings. The molecular weight excluding hydrogens is 420 g/mol. The molecular formula is C30H48N2O2. The van der Waals surface area contributed by atoms with Crippen LogP contribution in [0.5, 0.6) is 11.5 Å². The molecule has 34 heavy (non-hydrogen) atoms. The summed E-state index contributed by atoms with van der Waals surface area (Å²) in [5, 5.41) is 0. The first kappa shape index (κ1) is 29.9. The van der Waals surface area contributed by atoms with Gasteiger partial charge in [0.15, 0.2) is 0 Å². The van der Waals surface area contributed by atoms with Crippen molar-refractivity contribution >= 4 is 0 Å². The van der Waals surface area contributed by atoms with Gasteiger partial charge in [0.05, 0.1) is 11.1 Å². The first-order valence-corrected chi connectivity index (χ1v) is 13.4. The fraction of sp³-hybridized carbons (Fsp3) is 0.667. The number of hydrogen-bond donors (Lipinski definition) is 0. The number of unbranched alkanes of at least 4 members (excludes halogenated alkanes) is 2. The summed E-state index contributed by atoms with van der Waals surface area (Å²) in [6.07, 6.45) is 18.7. The standard InChI is InChI=1S/C30H48N2O2/c1-9-17-19-27(31(13-5)14-6)23-33-29-21-26(12-4)30(22-25(29)11-3)34-24-28(20-18-10-2)32(15-7)16-8/h3-4,21-22,27-28H,9-10,13-20,23-24H2,1-2,5-8H3. The molecule has 0 amide bonds. The molecule has 0 aromatic heterocycles. The van der Waals surface area contributed by atoms with Crippen LogP contribution in [0.2, 0.25) is 0 Å². The molecule has 190 valence electrons. The van der Waals surface area contributed by atoms with Crippen molar-refractivity contribution in [3.05, 3.63) is 23.3 Å². The molecule has 0 bridgehead atoms. The van der Waals surface area contributed by atoms with Gasteiger partial charge in [-0.1, -0.05) is 79.1 Å². The van der Waals surface area contributed by atoms with Gasteiger partial charge < -0.3 is 9.47 Å². The van der Waals surface area contributed by atoms with Crippen LogP contribution >= 0.6 is 0 Å². The first-order valence-electron chi connectivity index (χ1n) is 13.4. The molecule has 0 aliphatic carbocycles. The topological polar surface area (TPSA) is 24.9 Å². The zero-order chi connectivity index (χ0) is 25.3. The van der Waals surface area contributed by atoms with E-state index in [0.29, 0.717) is 47.9 Å². The minimum Gasteiger partial charge on any atom is -0.491 e. The van der Waals surface area contributed by atoms with Crippen LogP contribution in [0.15, 0.2) is 12.1 Å². The lowest BCUT2D eigenvalue weighted by atomic mass is 10.1. The van der Waals surface area contributed by atoms with Crippen LogP contribution in [0.1, 0.15) is 91.2 Å². The van der Waals surface area contributed by atoms with E-state index in [-0.39, 0.29) is 0 Å². The van der Waals surface area contributed by atoms with Gasteiger partial charge in [-0.25, -0.2) is 0 Å². The van der Waals surface area contributed by atoms with Crippen LogP contribution in [0, 0.1) is 24.7 Å². The normalized spacial score (nSPS) is 12.9. The molecule has 0 N–H and O–H groups in total. The third kappa shape index (κ3) is 9.25. The molecule has 4 nitrogen and oxygen atoms in total. The monoisotopic (exact) mass is 468 g/mol. The van der Waals surface area contributed by atoms with Gasteiger partial charge in [-0.05, 0) is 39.0 Å². The maximum atomic E-state index is 6.28. The van der Waals surface area contributed by atoms with E-state index in [2.05, 4.69) is 63.2 Å². The van der Waals surface area contributed by atoms with Gasteiger partial charge in [-0.3, -0.25) is 9.80 Å². The second-order valence-corrected chi connectivity index (χ2v) is 8.79. The number of ether oxygens (including phenoxy) is 2. The Balaban J connectivity index is 3.06. The summed E-state index contributed by atoms with van der Waals surface area (Å²) in [4.78, 5) is 4.91. The molecule has 2 unspecified atom stereocenters. The van der Waals surface area contributed by atoms with Gasteiger partial charge in [0.2, 0.25) is 0 Å². The lowest BCUT2D eigenvalue weighted by Crippen LogP contribution is -2.39. The van der Waals surface area contributed by atoms with E-state index in [0.717, 1.165) is 39.0 Å². The lowest BCUT2D eigenvalue weighted by Gasteiger charge is -2.30. The predicted molar refractivity (Wildman–Crippen MR) is 146 cm³/mol. The van der Waals surface area contributed by atoms with E-state index in [9.17, 15) is 0 Å². The third-order valence-corrected chi connectivity index (χ3v) is 6.69. The molecule has 1 aromatic carbocycles. The van der Waals surface area contributed by atoms with Crippen molar-refractivity contribution in [3.63, 3.8) is 0 Å². The lowest BCUT2D eigenvalue weighted by molar-refractivity contribution is 0.134. The molecule has 1 rings (SSSR count). The highest BCUT2D eigenvalue weighted by molar-refractivity contribution is 5.57. The summed E-state index contributed by atoms with van der Waals surface area (Å²) in [6, 6.07) is 4.47. The van der Waals surface area contributed by atoms with Crippen LogP contribution in [0.3, 0.4) is 0 Å². The number of rotatable bonds is 18. The summed E-state index contributed by atoms with van der Waals surface area (Å²) in [7, 11) is 0. The van der Waals surface area contributed by atoms with Crippen LogP contribution in [0.4, 0.5) is 0 Å². The highest BCUT2D eigenvalue weighted by Gasteiger charge is 2.20. The molecule has 0 fully saturated rings. The van der Waals surface area contributed by atoms with Gasteiger partial charge in [0.1, 0.15) is 24.7 Å². The van der Waals surface area contributed by atoms with E-state index in [1.165, 1.54) is 25.7 Å². The number of nitrogens with zero attached hydrogens (tertiary/aromatic N) is 2. The predicted octanol–water partition coefficient (Wildman–Crippen LogP) is 6.21. The zero-order valence-corrected chi connectivity index (χ0v) is 22.7. The molecule has 1 aromatic rings. The van der Waals surface area contributed by atoms with E-state index in [4.69, 9.17) is 22.3 Å². The van der Waals surface area contributed by atoms with Crippen molar-refractivity contribution in [2.45, 2.75) is 92.2 Å². The summed E-state index contributed by atoms with van der Waals surface area (Å²) >= 11 is 0. The van der Waals surface area contributed by atoms with Crippen molar-refractivity contribution in [3.8, 4) is 36.2 Å². The number of benzene rings is 1. The largest absolute Gasteiger partial charge is 0.491 e. The van der Waals surface area contributed by atoms with Crippen molar-refractivity contribution in [2.24, 2.45) is 0 Å². The fourth-order valence-corrected chi connectivity index (χ4v) is 4.50. The molecule has 0 radical (unpaired) electrons. The average Bonchev–Trinajstić information content (AvgIpc) is 2.87. The van der Waals surface area contributed by atoms with Crippen LogP contribution in [0.25, 0.3) is 0 Å². The van der Waals surface area contributed by atoms with Gasteiger partial charge >= 0.3 is 0 Å². The molecule has 0 aliphatic heterocycles. The van der Waals surface area contributed by atoms with E-state index >= 15 is 0 Å². The maximum Gasteiger partial charge on any atom is 0.136 e. The summed E-state index contributed by atoms with van der Waals surface area (Å²) in [5.41, 5.74) is 1.38. The van der Waals surface area contributed by atoms with Gasteiger partial charge in [-0.15, -0.1) is 12.8 Å². The molecule has 0 saturated carbocycles. The second kappa shape index (κ2) is 17.3. The Hall–Kier alpha value is -2.14. The smallest absolute Gasteiger partial charge is 0.136 e. The van der Waals surface area contributed by atoms with Crippen LogP contribution in [-0.2, 0) is 0 Å². The van der Waals surface area contributed by atoms with Gasteiger partial charge in [0, 0.05) is 24.2 Å². The van der Waals surface area contributed by atoms with E-state index in [1.807, 2.05) is 12.1 Å². The van der Waals surface area contributed by atoms with Crippen molar-refractivity contribution in [1.82, 2.24) is 9.80 Å². The quantitative estimate of drug-likeness (QED) is 0.239. The van der Waals surface area contributed by atoms with Gasteiger partial charge in [0.25, 0.3) is 0 Å². The molecule has 2 atom stereocenters. The maximum absolute atomic E-state index is 6.28. The summed E-state index contributed by atoms with van der Waals surface area (Å²) in [6.45, 7) is 18.5. The molecule has 4 heteroatoms. The van der Waals surface area contributed by atoms with Crippen molar-refractivity contribution in [2.75, 3.05) is 39.4 Å². The Morgan fingerprint density at radius 3 is 1.29 bits per heavy atom. The van der Waals surface area contributed by atoms with Crippen molar-refractivity contribution < 1.29 is 9.47 Å². The summed E-state index contributed by atoms with van der Waals surface area (Å²) in [5.74, 6) is 6.90.